The van der Waals surface area contributed by atoms with E-state index in [4.69, 9.17) is 0 Å². The molecule has 0 bridgehead atoms. The molecule has 1 fully saturated rings. The molecule has 1 aromatic carbocycles. The second-order valence-corrected chi connectivity index (χ2v) is 7.73. The molecule has 1 unspecified atom stereocenters. The van der Waals surface area contributed by atoms with Crippen molar-refractivity contribution in [2.45, 2.75) is 45.3 Å². The maximum Gasteiger partial charge on any atom is 0.322 e. The average Bonchev–Trinajstić information content (AvgIpc) is 3.15. The zero-order valence-corrected chi connectivity index (χ0v) is 15.1. The lowest BCUT2D eigenvalue weighted by Crippen LogP contribution is -2.49. The first-order chi connectivity index (χ1) is 11.4. The number of amides is 2. The van der Waals surface area contributed by atoms with Crippen molar-refractivity contribution < 1.29 is 9.90 Å². The molecule has 1 saturated heterocycles. The summed E-state index contributed by atoms with van der Waals surface area (Å²) in [4.78, 5) is 19.0. The lowest BCUT2D eigenvalue weighted by molar-refractivity contribution is 0.0117. The highest BCUT2D eigenvalue weighted by Gasteiger charge is 2.38. The van der Waals surface area contributed by atoms with Gasteiger partial charge in [-0.15, -0.1) is 0 Å². The molecular formula is C18H23N3O2S. The number of thiazole rings is 1. The molecule has 2 amide bonds. The van der Waals surface area contributed by atoms with Crippen molar-refractivity contribution >= 4 is 22.4 Å². The number of hydrogen-bond acceptors (Lipinski definition) is 4. The highest BCUT2D eigenvalue weighted by Crippen LogP contribution is 2.33. The van der Waals surface area contributed by atoms with Crippen molar-refractivity contribution in [3.63, 3.8) is 0 Å². The lowest BCUT2D eigenvalue weighted by Gasteiger charge is -2.33. The third kappa shape index (κ3) is 3.44. The van der Waals surface area contributed by atoms with E-state index in [1.54, 1.807) is 18.7 Å². The number of aryl methyl sites for hydroxylation is 1. The fourth-order valence-electron chi connectivity index (χ4n) is 3.13. The second kappa shape index (κ2) is 6.53. The van der Waals surface area contributed by atoms with Crippen LogP contribution in [0.2, 0.25) is 0 Å². The number of hydrogen-bond donors (Lipinski definition) is 2. The Bertz CT molecular complexity index is 722. The molecule has 1 atom stereocenters. The lowest BCUT2D eigenvalue weighted by atomic mass is 9.97. The fraction of sp³-hybridized carbons (Fsp3) is 0.444. The number of carbonyl (C=O) groups excluding carboxylic acids is 1. The standard InChI is InChI=1S/C18H23N3O2S/c1-12-15(24-16(19-12)13-8-5-4-6-9-13)20-17(22)21-11-7-10-14(21)18(2,3)23/h4-6,8-9,14,23H,7,10-11H2,1-3H3,(H,20,22). The summed E-state index contributed by atoms with van der Waals surface area (Å²) in [7, 11) is 0. The molecule has 0 saturated carbocycles. The van der Waals surface area contributed by atoms with Gasteiger partial charge in [-0.2, -0.15) is 0 Å². The van der Waals surface area contributed by atoms with Crippen molar-refractivity contribution in [2.24, 2.45) is 0 Å². The Kier molecular flexibility index (Phi) is 4.60. The third-order valence-corrected chi connectivity index (χ3v) is 5.49. The fourth-order valence-corrected chi connectivity index (χ4v) is 4.09. The number of carbonyl (C=O) groups is 1. The molecule has 24 heavy (non-hydrogen) atoms. The Morgan fingerprint density at radius 3 is 2.75 bits per heavy atom. The molecule has 3 rings (SSSR count). The zero-order valence-electron chi connectivity index (χ0n) is 14.2. The van der Waals surface area contributed by atoms with Gasteiger partial charge in [0.05, 0.1) is 17.3 Å². The van der Waals surface area contributed by atoms with Crippen molar-refractivity contribution in [1.29, 1.82) is 0 Å². The van der Waals surface area contributed by atoms with Gasteiger partial charge < -0.3 is 10.0 Å². The van der Waals surface area contributed by atoms with E-state index >= 15 is 0 Å². The molecule has 1 aromatic heterocycles. The Labute approximate surface area is 146 Å². The molecule has 2 heterocycles. The van der Waals surface area contributed by atoms with Gasteiger partial charge >= 0.3 is 6.03 Å². The van der Waals surface area contributed by atoms with Gasteiger partial charge in [0.1, 0.15) is 10.0 Å². The summed E-state index contributed by atoms with van der Waals surface area (Å²) in [6.45, 7) is 6.09. The number of urea groups is 1. The first-order valence-corrected chi connectivity index (χ1v) is 9.01. The quantitative estimate of drug-likeness (QED) is 0.887. The average molecular weight is 345 g/mol. The summed E-state index contributed by atoms with van der Waals surface area (Å²) in [6, 6.07) is 9.62. The molecule has 2 aromatic rings. The van der Waals surface area contributed by atoms with Gasteiger partial charge in [0.15, 0.2) is 0 Å². The summed E-state index contributed by atoms with van der Waals surface area (Å²) in [5, 5.41) is 14.9. The molecule has 6 heteroatoms. The number of anilines is 1. The van der Waals surface area contributed by atoms with Gasteiger partial charge in [0, 0.05) is 12.1 Å². The van der Waals surface area contributed by atoms with Crippen molar-refractivity contribution in [1.82, 2.24) is 9.88 Å². The van der Waals surface area contributed by atoms with Crippen LogP contribution in [0, 0.1) is 6.92 Å². The van der Waals surface area contributed by atoms with E-state index in [0.29, 0.717) is 6.54 Å². The maximum absolute atomic E-state index is 12.7. The smallest absolute Gasteiger partial charge is 0.322 e. The Hall–Kier alpha value is -1.92. The van der Waals surface area contributed by atoms with E-state index in [0.717, 1.165) is 34.1 Å². The van der Waals surface area contributed by atoms with Crippen LogP contribution in [0.3, 0.4) is 0 Å². The SMILES string of the molecule is Cc1nc(-c2ccccc2)sc1NC(=O)N1CCCC1C(C)(C)O. The van der Waals surface area contributed by atoms with Gasteiger partial charge in [0.25, 0.3) is 0 Å². The predicted molar refractivity (Wildman–Crippen MR) is 97.3 cm³/mol. The second-order valence-electron chi connectivity index (χ2n) is 6.73. The minimum atomic E-state index is -0.897. The van der Waals surface area contributed by atoms with Crippen LogP contribution < -0.4 is 5.32 Å². The highest BCUT2D eigenvalue weighted by molar-refractivity contribution is 7.19. The summed E-state index contributed by atoms with van der Waals surface area (Å²) < 4.78 is 0. The van der Waals surface area contributed by atoms with E-state index in [-0.39, 0.29) is 12.1 Å². The molecule has 0 spiro atoms. The molecule has 2 N–H and O–H groups in total. The maximum atomic E-state index is 12.7. The number of aliphatic hydroxyl groups is 1. The van der Waals surface area contributed by atoms with E-state index in [1.807, 2.05) is 37.3 Å². The van der Waals surface area contributed by atoms with E-state index < -0.39 is 5.60 Å². The molecule has 1 aliphatic heterocycles. The highest BCUT2D eigenvalue weighted by atomic mass is 32.1. The van der Waals surface area contributed by atoms with Crippen LogP contribution in [-0.2, 0) is 0 Å². The Morgan fingerprint density at radius 1 is 1.38 bits per heavy atom. The van der Waals surface area contributed by atoms with Gasteiger partial charge in [-0.1, -0.05) is 41.7 Å². The minimum Gasteiger partial charge on any atom is -0.388 e. The summed E-state index contributed by atoms with van der Waals surface area (Å²) >= 11 is 1.48. The van der Waals surface area contributed by atoms with Crippen LogP contribution in [0.5, 0.6) is 0 Å². The van der Waals surface area contributed by atoms with Crippen LogP contribution in [0.25, 0.3) is 10.6 Å². The van der Waals surface area contributed by atoms with E-state index in [9.17, 15) is 9.90 Å². The number of benzene rings is 1. The molecular weight excluding hydrogens is 322 g/mol. The molecule has 1 aliphatic rings. The summed E-state index contributed by atoms with van der Waals surface area (Å²) in [5.41, 5.74) is 0.957. The molecule has 0 aliphatic carbocycles. The number of nitrogens with zero attached hydrogens (tertiary/aromatic N) is 2. The van der Waals surface area contributed by atoms with Gasteiger partial charge in [0.2, 0.25) is 0 Å². The first kappa shape index (κ1) is 16.9. The van der Waals surface area contributed by atoms with Gasteiger partial charge in [-0.05, 0) is 33.6 Å². The largest absolute Gasteiger partial charge is 0.388 e. The van der Waals surface area contributed by atoms with Crippen LogP contribution in [0.1, 0.15) is 32.4 Å². The third-order valence-electron chi connectivity index (χ3n) is 4.37. The zero-order chi connectivity index (χ0) is 17.3. The first-order valence-electron chi connectivity index (χ1n) is 8.19. The molecule has 128 valence electrons. The molecule has 5 nitrogen and oxygen atoms in total. The van der Waals surface area contributed by atoms with Gasteiger partial charge in [-0.3, -0.25) is 5.32 Å². The molecule has 0 radical (unpaired) electrons. The number of nitrogens with one attached hydrogen (secondary N) is 1. The van der Waals surface area contributed by atoms with Crippen molar-refractivity contribution in [3.8, 4) is 10.6 Å². The van der Waals surface area contributed by atoms with Crippen molar-refractivity contribution in [3.05, 3.63) is 36.0 Å². The van der Waals surface area contributed by atoms with Crippen LogP contribution in [0.4, 0.5) is 9.80 Å². The topological polar surface area (TPSA) is 65.5 Å². The van der Waals surface area contributed by atoms with Crippen molar-refractivity contribution in [2.75, 3.05) is 11.9 Å². The summed E-state index contributed by atoms with van der Waals surface area (Å²) in [5.74, 6) is 0. The minimum absolute atomic E-state index is 0.153. The van der Waals surface area contributed by atoms with Gasteiger partial charge in [-0.25, -0.2) is 9.78 Å². The van der Waals surface area contributed by atoms with E-state index in [2.05, 4.69) is 10.3 Å². The summed E-state index contributed by atoms with van der Waals surface area (Å²) in [6.07, 6.45) is 1.74. The normalized spacial score (nSPS) is 18.0. The Morgan fingerprint density at radius 2 is 2.08 bits per heavy atom. The van der Waals surface area contributed by atoms with E-state index in [1.165, 1.54) is 11.3 Å². The van der Waals surface area contributed by atoms with Crippen LogP contribution in [-0.4, -0.2) is 39.2 Å². The monoisotopic (exact) mass is 345 g/mol. The number of aromatic nitrogens is 1. The number of rotatable bonds is 3. The number of likely N-dealkylation sites (tertiary alicyclic amines) is 1. The predicted octanol–water partition coefficient (Wildman–Crippen LogP) is 3.89. The Balaban J connectivity index is 1.77. The van der Waals surface area contributed by atoms with Crippen LogP contribution >= 0.6 is 11.3 Å². The van der Waals surface area contributed by atoms with Crippen LogP contribution in [0.15, 0.2) is 30.3 Å².